The van der Waals surface area contributed by atoms with Gasteiger partial charge in [-0.3, -0.25) is 4.98 Å². The summed E-state index contributed by atoms with van der Waals surface area (Å²) in [6, 6.07) is 10.2. The van der Waals surface area contributed by atoms with E-state index in [1.54, 1.807) is 0 Å². The van der Waals surface area contributed by atoms with Crippen LogP contribution in [0.2, 0.25) is 0 Å². The van der Waals surface area contributed by atoms with Crippen LogP contribution >= 0.6 is 0 Å². The number of aromatic nitrogens is 1. The lowest BCUT2D eigenvalue weighted by Gasteiger charge is -2.30. The molecule has 0 amide bonds. The molecule has 1 aromatic heterocycles. The lowest BCUT2D eigenvalue weighted by Crippen LogP contribution is -2.19. The summed E-state index contributed by atoms with van der Waals surface area (Å²) in [5.41, 5.74) is 1.97. The Hall–Kier alpha value is -1.41. The highest BCUT2D eigenvalue weighted by Gasteiger charge is 2.25. The Bertz CT molecular complexity index is 558. The molecule has 100 valence electrons. The number of rotatable bonds is 2. The normalized spacial score (nSPS) is 25.4. The second kappa shape index (κ2) is 5.30. The molecule has 2 heteroatoms. The molecule has 0 bridgehead atoms. The second-order valence-electron chi connectivity index (χ2n) is 5.93. The van der Waals surface area contributed by atoms with Gasteiger partial charge in [-0.2, -0.15) is 0 Å². The molecule has 3 rings (SSSR count). The molecule has 0 radical (unpaired) electrons. The predicted octanol–water partition coefficient (Wildman–Crippen LogP) is 4.09. The number of pyridine rings is 1. The monoisotopic (exact) mass is 255 g/mol. The van der Waals surface area contributed by atoms with E-state index >= 15 is 0 Å². The highest BCUT2D eigenvalue weighted by molar-refractivity contribution is 5.78. The van der Waals surface area contributed by atoms with E-state index in [4.69, 9.17) is 0 Å². The Morgan fingerprint density at radius 1 is 1.16 bits per heavy atom. The maximum Gasteiger partial charge on any atom is 0.0833 e. The first-order valence-corrected chi connectivity index (χ1v) is 7.27. The number of benzene rings is 1. The highest BCUT2D eigenvalue weighted by Crippen LogP contribution is 2.36. The molecule has 1 aliphatic carbocycles. The summed E-state index contributed by atoms with van der Waals surface area (Å²) in [4.78, 5) is 4.45. The number of hydrogen-bond acceptors (Lipinski definition) is 2. The van der Waals surface area contributed by atoms with E-state index in [0.29, 0.717) is 5.92 Å². The first kappa shape index (κ1) is 12.6. The zero-order valence-corrected chi connectivity index (χ0v) is 11.4. The van der Waals surface area contributed by atoms with Crippen molar-refractivity contribution in [3.8, 4) is 0 Å². The maximum atomic E-state index is 10.6. The van der Waals surface area contributed by atoms with Crippen molar-refractivity contribution in [3.63, 3.8) is 0 Å². The molecule has 1 heterocycles. The van der Waals surface area contributed by atoms with Gasteiger partial charge in [0.1, 0.15) is 0 Å². The Balaban J connectivity index is 1.83. The number of aliphatic hydroxyl groups excluding tert-OH is 1. The molecule has 1 N–H and O–H groups in total. The Labute approximate surface area is 114 Å². The third kappa shape index (κ3) is 2.64. The van der Waals surface area contributed by atoms with E-state index in [1.165, 1.54) is 12.8 Å². The van der Waals surface area contributed by atoms with Crippen LogP contribution in [0, 0.1) is 11.8 Å². The predicted molar refractivity (Wildman–Crippen MR) is 77.8 cm³/mol. The SMILES string of the molecule is CC1CCC(C(O)c2cnc3ccccc3c2)CC1. The van der Waals surface area contributed by atoms with Gasteiger partial charge in [0.25, 0.3) is 0 Å². The van der Waals surface area contributed by atoms with Crippen LogP contribution in [0.1, 0.15) is 44.3 Å². The average Bonchev–Trinajstić information content (AvgIpc) is 2.47. The molecule has 0 saturated heterocycles. The molecular weight excluding hydrogens is 234 g/mol. The van der Waals surface area contributed by atoms with E-state index in [0.717, 1.165) is 35.2 Å². The largest absolute Gasteiger partial charge is 0.388 e. The zero-order valence-electron chi connectivity index (χ0n) is 11.4. The molecule has 2 nitrogen and oxygen atoms in total. The summed E-state index contributed by atoms with van der Waals surface area (Å²) < 4.78 is 0. The fourth-order valence-electron chi connectivity index (χ4n) is 3.12. The first-order chi connectivity index (χ1) is 9.24. The summed E-state index contributed by atoms with van der Waals surface area (Å²) in [5, 5.41) is 11.7. The summed E-state index contributed by atoms with van der Waals surface area (Å²) in [6.45, 7) is 2.31. The Morgan fingerprint density at radius 3 is 2.68 bits per heavy atom. The third-order valence-corrected chi connectivity index (χ3v) is 4.46. The van der Waals surface area contributed by atoms with Crippen molar-refractivity contribution in [3.05, 3.63) is 42.1 Å². The van der Waals surface area contributed by atoms with Crippen molar-refractivity contribution >= 4 is 10.9 Å². The van der Waals surface area contributed by atoms with Crippen molar-refractivity contribution in [1.29, 1.82) is 0 Å². The minimum absolute atomic E-state index is 0.357. The van der Waals surface area contributed by atoms with Crippen molar-refractivity contribution in [1.82, 2.24) is 4.98 Å². The molecule has 1 unspecified atom stereocenters. The number of para-hydroxylation sites is 1. The molecule has 1 fully saturated rings. The fraction of sp³-hybridized carbons (Fsp3) is 0.471. The third-order valence-electron chi connectivity index (χ3n) is 4.46. The molecule has 1 aromatic carbocycles. The van der Waals surface area contributed by atoms with E-state index in [2.05, 4.69) is 24.0 Å². The average molecular weight is 255 g/mol. The van der Waals surface area contributed by atoms with Gasteiger partial charge in [-0.05, 0) is 42.4 Å². The number of nitrogens with zero attached hydrogens (tertiary/aromatic N) is 1. The van der Waals surface area contributed by atoms with Crippen LogP contribution in [0.15, 0.2) is 36.5 Å². The molecule has 0 aliphatic heterocycles. The van der Waals surface area contributed by atoms with Crippen LogP contribution in [-0.2, 0) is 0 Å². The van der Waals surface area contributed by atoms with E-state index in [9.17, 15) is 5.11 Å². The highest BCUT2D eigenvalue weighted by atomic mass is 16.3. The van der Waals surface area contributed by atoms with Crippen LogP contribution in [-0.4, -0.2) is 10.1 Å². The van der Waals surface area contributed by atoms with Gasteiger partial charge in [-0.25, -0.2) is 0 Å². The summed E-state index contributed by atoms with van der Waals surface area (Å²) in [6.07, 6.45) is 6.23. The summed E-state index contributed by atoms with van der Waals surface area (Å²) in [7, 11) is 0. The van der Waals surface area contributed by atoms with Crippen LogP contribution in [0.5, 0.6) is 0 Å². The lowest BCUT2D eigenvalue weighted by molar-refractivity contribution is 0.0754. The van der Waals surface area contributed by atoms with Crippen molar-refractivity contribution in [2.75, 3.05) is 0 Å². The van der Waals surface area contributed by atoms with Crippen molar-refractivity contribution in [2.24, 2.45) is 11.8 Å². The number of hydrogen-bond donors (Lipinski definition) is 1. The van der Waals surface area contributed by atoms with Gasteiger partial charge in [-0.1, -0.05) is 38.0 Å². The van der Waals surface area contributed by atoms with E-state index in [-0.39, 0.29) is 6.10 Å². The number of fused-ring (bicyclic) bond motifs is 1. The van der Waals surface area contributed by atoms with E-state index in [1.807, 2.05) is 24.4 Å². The van der Waals surface area contributed by atoms with Gasteiger partial charge in [0.2, 0.25) is 0 Å². The van der Waals surface area contributed by atoms with Crippen molar-refractivity contribution in [2.45, 2.75) is 38.7 Å². The smallest absolute Gasteiger partial charge is 0.0833 e. The van der Waals surface area contributed by atoms with E-state index < -0.39 is 0 Å². The van der Waals surface area contributed by atoms with Gasteiger partial charge in [0.15, 0.2) is 0 Å². The van der Waals surface area contributed by atoms with Crippen molar-refractivity contribution < 1.29 is 5.11 Å². The Kier molecular flexibility index (Phi) is 3.52. The van der Waals surface area contributed by atoms with Gasteiger partial charge in [0.05, 0.1) is 11.6 Å². The van der Waals surface area contributed by atoms with Crippen LogP contribution in [0.25, 0.3) is 10.9 Å². The minimum Gasteiger partial charge on any atom is -0.388 e. The number of aliphatic hydroxyl groups is 1. The molecule has 19 heavy (non-hydrogen) atoms. The Morgan fingerprint density at radius 2 is 1.89 bits per heavy atom. The molecule has 1 aliphatic rings. The van der Waals surface area contributed by atoms with Gasteiger partial charge >= 0.3 is 0 Å². The van der Waals surface area contributed by atoms with Gasteiger partial charge < -0.3 is 5.11 Å². The zero-order chi connectivity index (χ0) is 13.2. The fourth-order valence-corrected chi connectivity index (χ4v) is 3.12. The van der Waals surface area contributed by atoms with Crippen LogP contribution < -0.4 is 0 Å². The van der Waals surface area contributed by atoms with Crippen LogP contribution in [0.4, 0.5) is 0 Å². The second-order valence-corrected chi connectivity index (χ2v) is 5.93. The van der Waals surface area contributed by atoms with Gasteiger partial charge in [0, 0.05) is 11.6 Å². The molecule has 0 spiro atoms. The standard InChI is InChI=1S/C17H21NO/c1-12-6-8-13(9-7-12)17(19)15-10-14-4-2-3-5-16(14)18-11-15/h2-5,10-13,17,19H,6-9H2,1H3. The topological polar surface area (TPSA) is 33.1 Å². The molecule has 1 atom stereocenters. The molecule has 2 aromatic rings. The summed E-state index contributed by atoms with van der Waals surface area (Å²) >= 11 is 0. The first-order valence-electron chi connectivity index (χ1n) is 7.27. The summed E-state index contributed by atoms with van der Waals surface area (Å²) in [5.74, 6) is 1.22. The van der Waals surface area contributed by atoms with Crippen LogP contribution in [0.3, 0.4) is 0 Å². The minimum atomic E-state index is -0.357. The lowest BCUT2D eigenvalue weighted by atomic mass is 9.79. The van der Waals surface area contributed by atoms with Gasteiger partial charge in [-0.15, -0.1) is 0 Å². The quantitative estimate of drug-likeness (QED) is 0.876. The maximum absolute atomic E-state index is 10.6. The molecular formula is C17H21NO. The molecule has 1 saturated carbocycles.